The van der Waals surface area contributed by atoms with Gasteiger partial charge >= 0.3 is 0 Å². The highest BCUT2D eigenvalue weighted by Gasteiger charge is 2.16. The number of carbonyl (C=O) groups is 1. The number of nitrogens with one attached hydrogen (secondary N) is 1. The third-order valence-corrected chi connectivity index (χ3v) is 2.96. The number of rotatable bonds is 3. The minimum absolute atomic E-state index is 0.203. The van der Waals surface area contributed by atoms with E-state index in [4.69, 9.17) is 5.73 Å². The van der Waals surface area contributed by atoms with Crippen molar-refractivity contribution in [1.82, 2.24) is 14.8 Å². The molecule has 0 aliphatic heterocycles. The zero-order valence-corrected chi connectivity index (χ0v) is 11.3. The van der Waals surface area contributed by atoms with Gasteiger partial charge in [0.2, 0.25) is 0 Å². The molecule has 18 heavy (non-hydrogen) atoms. The number of anilines is 2. The van der Waals surface area contributed by atoms with Crippen molar-refractivity contribution in [3.63, 3.8) is 0 Å². The first kappa shape index (κ1) is 12.6. The first-order valence-electron chi connectivity index (χ1n) is 5.36. The smallest absolute Gasteiger partial charge is 0.279 e. The van der Waals surface area contributed by atoms with Gasteiger partial charge in [0.05, 0.1) is 10.2 Å². The lowest BCUT2D eigenvalue weighted by molar-refractivity contribution is 0.102. The Kier molecular flexibility index (Phi) is 3.61. The lowest BCUT2D eigenvalue weighted by Crippen LogP contribution is -2.15. The molecule has 0 spiro atoms. The van der Waals surface area contributed by atoms with E-state index in [1.165, 1.54) is 0 Å². The summed E-state index contributed by atoms with van der Waals surface area (Å²) in [4.78, 5) is 16.0. The molecule has 2 rings (SSSR count). The summed E-state index contributed by atoms with van der Waals surface area (Å²) in [6, 6.07) is 3.55. The number of amides is 1. The van der Waals surface area contributed by atoms with Crippen LogP contribution in [0.15, 0.2) is 29.0 Å². The van der Waals surface area contributed by atoms with Gasteiger partial charge in [-0.3, -0.25) is 9.48 Å². The summed E-state index contributed by atoms with van der Waals surface area (Å²) in [6.07, 6.45) is 3.22. The van der Waals surface area contributed by atoms with E-state index < -0.39 is 0 Å². The average molecular weight is 310 g/mol. The highest BCUT2D eigenvalue weighted by molar-refractivity contribution is 9.10. The second-order valence-electron chi connectivity index (χ2n) is 3.58. The van der Waals surface area contributed by atoms with E-state index in [0.29, 0.717) is 22.5 Å². The maximum atomic E-state index is 12.0. The molecule has 94 valence electrons. The van der Waals surface area contributed by atoms with E-state index in [1.807, 2.05) is 6.92 Å². The van der Waals surface area contributed by atoms with Crippen molar-refractivity contribution in [2.75, 3.05) is 11.1 Å². The zero-order valence-electron chi connectivity index (χ0n) is 9.72. The largest absolute Gasteiger partial charge is 0.396 e. The number of hydrogen-bond donors (Lipinski definition) is 2. The van der Waals surface area contributed by atoms with E-state index in [1.54, 1.807) is 29.2 Å². The minimum Gasteiger partial charge on any atom is -0.396 e. The van der Waals surface area contributed by atoms with Crippen LogP contribution in [-0.2, 0) is 6.54 Å². The van der Waals surface area contributed by atoms with Crippen LogP contribution in [-0.4, -0.2) is 20.7 Å². The summed E-state index contributed by atoms with van der Waals surface area (Å²) in [5, 5.41) is 6.74. The summed E-state index contributed by atoms with van der Waals surface area (Å²) in [5.74, 6) is 0.0621. The van der Waals surface area contributed by atoms with Gasteiger partial charge in [0.25, 0.3) is 5.91 Å². The number of nitrogens with zero attached hydrogens (tertiary/aromatic N) is 3. The molecule has 0 unspecified atom stereocenters. The summed E-state index contributed by atoms with van der Waals surface area (Å²) in [6.45, 7) is 2.58. The molecule has 0 aliphatic rings. The van der Waals surface area contributed by atoms with Crippen LogP contribution >= 0.6 is 15.9 Å². The number of aryl methyl sites for hydroxylation is 1. The van der Waals surface area contributed by atoms with Crippen molar-refractivity contribution < 1.29 is 4.79 Å². The first-order valence-corrected chi connectivity index (χ1v) is 6.16. The second kappa shape index (κ2) is 5.18. The van der Waals surface area contributed by atoms with Crippen molar-refractivity contribution in [2.45, 2.75) is 13.5 Å². The third kappa shape index (κ3) is 2.51. The summed E-state index contributed by atoms with van der Waals surface area (Å²) in [5.41, 5.74) is 6.28. The SMILES string of the molecule is CCn1cc(N)c(C(=O)Nc2ncccc2Br)n1. The van der Waals surface area contributed by atoms with Crippen LogP contribution in [0.25, 0.3) is 0 Å². The number of nitrogen functional groups attached to an aromatic ring is 1. The fourth-order valence-corrected chi connectivity index (χ4v) is 1.77. The molecule has 0 aromatic carbocycles. The molecule has 2 aromatic heterocycles. The van der Waals surface area contributed by atoms with E-state index in [-0.39, 0.29) is 11.6 Å². The molecule has 0 bridgehead atoms. The second-order valence-corrected chi connectivity index (χ2v) is 4.43. The fourth-order valence-electron chi connectivity index (χ4n) is 1.42. The van der Waals surface area contributed by atoms with Crippen molar-refractivity contribution in [1.29, 1.82) is 0 Å². The normalized spacial score (nSPS) is 10.3. The Hall–Kier alpha value is -1.89. The molecule has 2 heterocycles. The highest BCUT2D eigenvalue weighted by Crippen LogP contribution is 2.19. The Bertz CT molecular complexity index is 581. The topological polar surface area (TPSA) is 85.8 Å². The highest BCUT2D eigenvalue weighted by atomic mass is 79.9. The van der Waals surface area contributed by atoms with E-state index in [2.05, 4.69) is 31.3 Å². The van der Waals surface area contributed by atoms with Gasteiger partial charge in [-0.1, -0.05) is 0 Å². The first-order chi connectivity index (χ1) is 8.61. The number of hydrogen-bond acceptors (Lipinski definition) is 4. The molecule has 7 heteroatoms. The number of halogens is 1. The fraction of sp³-hybridized carbons (Fsp3) is 0.182. The van der Waals surface area contributed by atoms with E-state index in [9.17, 15) is 4.79 Å². The molecule has 3 N–H and O–H groups in total. The molecule has 2 aromatic rings. The maximum Gasteiger partial charge on any atom is 0.279 e. The molecule has 0 fully saturated rings. The number of aromatic nitrogens is 3. The Morgan fingerprint density at radius 3 is 3.00 bits per heavy atom. The minimum atomic E-state index is -0.376. The van der Waals surface area contributed by atoms with Crippen LogP contribution in [0.3, 0.4) is 0 Å². The van der Waals surface area contributed by atoms with Gasteiger partial charge in [-0.2, -0.15) is 5.10 Å². The van der Waals surface area contributed by atoms with Crippen LogP contribution < -0.4 is 11.1 Å². The predicted molar refractivity (Wildman–Crippen MR) is 72.2 cm³/mol. The van der Waals surface area contributed by atoms with Gasteiger partial charge in [0.1, 0.15) is 5.82 Å². The molecule has 0 aliphatic carbocycles. The van der Waals surface area contributed by atoms with Crippen LogP contribution in [0.4, 0.5) is 11.5 Å². The average Bonchev–Trinajstić information content (AvgIpc) is 2.73. The Morgan fingerprint density at radius 2 is 2.39 bits per heavy atom. The van der Waals surface area contributed by atoms with Crippen molar-refractivity contribution in [2.24, 2.45) is 0 Å². The number of pyridine rings is 1. The standard InChI is InChI=1S/C11H12BrN5O/c1-2-17-6-8(13)9(16-17)11(18)15-10-7(12)4-3-5-14-10/h3-6H,2,13H2,1H3,(H,14,15,18). The molecular formula is C11H12BrN5O. The van der Waals surface area contributed by atoms with Gasteiger partial charge in [-0.15, -0.1) is 0 Å². The quantitative estimate of drug-likeness (QED) is 0.906. The Balaban J connectivity index is 2.22. The monoisotopic (exact) mass is 309 g/mol. The third-order valence-electron chi connectivity index (χ3n) is 2.32. The summed E-state index contributed by atoms with van der Waals surface area (Å²) in [7, 11) is 0. The zero-order chi connectivity index (χ0) is 13.1. The van der Waals surface area contributed by atoms with Gasteiger partial charge in [0, 0.05) is 18.9 Å². The maximum absolute atomic E-state index is 12.0. The van der Waals surface area contributed by atoms with Gasteiger partial charge < -0.3 is 11.1 Å². The van der Waals surface area contributed by atoms with Gasteiger partial charge in [-0.25, -0.2) is 4.98 Å². The van der Waals surface area contributed by atoms with Crippen molar-refractivity contribution in [3.8, 4) is 0 Å². The van der Waals surface area contributed by atoms with Crippen LogP contribution in [0.2, 0.25) is 0 Å². The van der Waals surface area contributed by atoms with Crippen LogP contribution in [0, 0.1) is 0 Å². The number of nitrogens with two attached hydrogens (primary N) is 1. The Morgan fingerprint density at radius 1 is 1.61 bits per heavy atom. The van der Waals surface area contributed by atoms with Gasteiger partial charge in [0.15, 0.2) is 5.69 Å². The molecule has 6 nitrogen and oxygen atoms in total. The lowest BCUT2D eigenvalue weighted by atomic mass is 10.3. The molecule has 0 radical (unpaired) electrons. The van der Waals surface area contributed by atoms with Crippen molar-refractivity contribution >= 4 is 33.3 Å². The van der Waals surface area contributed by atoms with Crippen LogP contribution in [0.5, 0.6) is 0 Å². The molecular weight excluding hydrogens is 298 g/mol. The van der Waals surface area contributed by atoms with Crippen LogP contribution in [0.1, 0.15) is 17.4 Å². The van der Waals surface area contributed by atoms with E-state index >= 15 is 0 Å². The lowest BCUT2D eigenvalue weighted by Gasteiger charge is -2.04. The van der Waals surface area contributed by atoms with Crippen molar-refractivity contribution in [3.05, 3.63) is 34.7 Å². The molecule has 1 amide bonds. The Labute approximate surface area is 112 Å². The summed E-state index contributed by atoms with van der Waals surface area (Å²) < 4.78 is 2.31. The number of carbonyl (C=O) groups excluding carboxylic acids is 1. The summed E-state index contributed by atoms with van der Waals surface area (Å²) >= 11 is 3.30. The predicted octanol–water partition coefficient (Wildman–Crippen LogP) is 1.90. The van der Waals surface area contributed by atoms with E-state index in [0.717, 1.165) is 0 Å². The van der Waals surface area contributed by atoms with Gasteiger partial charge in [-0.05, 0) is 35.0 Å². The molecule has 0 atom stereocenters. The molecule has 0 saturated carbocycles. The molecule has 0 saturated heterocycles.